The minimum Gasteiger partial charge on any atom is -0.444 e. The van der Waals surface area contributed by atoms with E-state index in [9.17, 15) is 9.18 Å². The van der Waals surface area contributed by atoms with Crippen LogP contribution in [0.2, 0.25) is 0 Å². The van der Waals surface area contributed by atoms with Crippen LogP contribution >= 0.6 is 0 Å². The number of nitrogens with one attached hydrogen (secondary N) is 3. The maximum Gasteiger partial charge on any atom is 0.407 e. The zero-order valence-corrected chi connectivity index (χ0v) is 17.5. The van der Waals surface area contributed by atoms with Gasteiger partial charge in [0.15, 0.2) is 5.82 Å². The van der Waals surface area contributed by atoms with Crippen molar-refractivity contribution in [3.05, 3.63) is 24.0 Å². The number of hydrogen-bond donors (Lipinski definition) is 3. The third-order valence-electron chi connectivity index (χ3n) is 5.07. The van der Waals surface area contributed by atoms with Crippen LogP contribution in [0.1, 0.15) is 45.2 Å². The molecule has 1 aliphatic heterocycles. The molecular formula is C20H28FN7O2. The lowest BCUT2D eigenvalue weighted by Crippen LogP contribution is -2.37. The van der Waals surface area contributed by atoms with E-state index in [1.165, 1.54) is 12.8 Å². The van der Waals surface area contributed by atoms with Crippen molar-refractivity contribution >= 4 is 23.7 Å². The van der Waals surface area contributed by atoms with E-state index in [-0.39, 0.29) is 19.0 Å². The molecule has 3 heterocycles. The molecule has 1 aliphatic carbocycles. The quantitative estimate of drug-likeness (QED) is 0.663. The Morgan fingerprint density at radius 2 is 2.13 bits per heavy atom. The lowest BCUT2D eigenvalue weighted by Gasteiger charge is -2.21. The average Bonchev–Trinajstić information content (AvgIpc) is 3.30. The summed E-state index contributed by atoms with van der Waals surface area (Å²) in [7, 11) is 0. The Morgan fingerprint density at radius 1 is 1.33 bits per heavy atom. The van der Waals surface area contributed by atoms with Crippen LogP contribution in [0.5, 0.6) is 0 Å². The number of carbonyl (C=O) groups excluding carboxylic acids is 1. The number of anilines is 3. The highest BCUT2D eigenvalue weighted by Gasteiger charge is 2.35. The van der Waals surface area contributed by atoms with Crippen molar-refractivity contribution in [2.45, 2.75) is 51.3 Å². The second-order valence-electron chi connectivity index (χ2n) is 8.91. The molecule has 0 radical (unpaired) electrons. The molecule has 162 valence electrons. The van der Waals surface area contributed by atoms with Gasteiger partial charge in [0.1, 0.15) is 17.6 Å². The third kappa shape index (κ3) is 5.17. The molecule has 9 nitrogen and oxygen atoms in total. The van der Waals surface area contributed by atoms with Crippen LogP contribution in [-0.2, 0) is 4.74 Å². The summed E-state index contributed by atoms with van der Waals surface area (Å²) in [5.41, 5.74) is 0.544. The molecule has 2 atom stereocenters. The first-order chi connectivity index (χ1) is 14.3. The van der Waals surface area contributed by atoms with E-state index in [0.717, 1.165) is 5.69 Å². The number of carbonyl (C=O) groups is 1. The molecule has 2 fully saturated rings. The Balaban J connectivity index is 1.33. The van der Waals surface area contributed by atoms with Gasteiger partial charge in [0, 0.05) is 42.9 Å². The van der Waals surface area contributed by atoms with Crippen LogP contribution in [0, 0.1) is 5.92 Å². The highest BCUT2D eigenvalue weighted by Crippen LogP contribution is 2.39. The van der Waals surface area contributed by atoms with Crippen molar-refractivity contribution in [2.75, 3.05) is 29.9 Å². The molecule has 0 spiro atoms. The summed E-state index contributed by atoms with van der Waals surface area (Å²) in [5, 5.41) is 13.1. The van der Waals surface area contributed by atoms with E-state index in [1.54, 1.807) is 37.9 Å². The summed E-state index contributed by atoms with van der Waals surface area (Å²) < 4.78 is 19.7. The van der Waals surface area contributed by atoms with Gasteiger partial charge in [0.2, 0.25) is 5.95 Å². The molecule has 0 bridgehead atoms. The zero-order valence-electron chi connectivity index (χ0n) is 17.5. The second kappa shape index (κ2) is 8.08. The smallest absolute Gasteiger partial charge is 0.407 e. The fraction of sp³-hybridized carbons (Fsp3) is 0.600. The molecule has 2 aliphatic rings. The zero-order chi connectivity index (χ0) is 21.3. The molecule has 1 saturated carbocycles. The summed E-state index contributed by atoms with van der Waals surface area (Å²) in [6, 6.07) is 3.74. The Labute approximate surface area is 174 Å². The molecule has 1 saturated heterocycles. The summed E-state index contributed by atoms with van der Waals surface area (Å²) in [4.78, 5) is 22.4. The number of aromatic amines is 1. The van der Waals surface area contributed by atoms with E-state index in [1.807, 2.05) is 6.07 Å². The Bertz CT molecular complexity index is 893. The summed E-state index contributed by atoms with van der Waals surface area (Å²) in [6.45, 7) is 6.15. The van der Waals surface area contributed by atoms with Crippen LogP contribution in [-0.4, -0.2) is 57.7 Å². The van der Waals surface area contributed by atoms with Crippen LogP contribution < -0.4 is 15.5 Å². The highest BCUT2D eigenvalue weighted by atomic mass is 19.1. The lowest BCUT2D eigenvalue weighted by molar-refractivity contribution is 0.0515. The number of rotatable bonds is 6. The molecule has 0 unspecified atom stereocenters. The predicted molar refractivity (Wildman–Crippen MR) is 111 cm³/mol. The van der Waals surface area contributed by atoms with E-state index in [4.69, 9.17) is 4.74 Å². The standard InChI is InChI=1S/C20H28FN7O2/c1-20(2,3)30-19(29)23-9-13-10-28(11-14(13)21)18-22-7-6-16(25-18)24-17-8-15(26-27-17)12-4-5-12/h6-8,12-14H,4-5,9-11H2,1-3H3,(H,23,29)(H2,22,24,25,26,27)/t13-,14+/m1/s1. The molecule has 1 amide bonds. The Hall–Kier alpha value is -2.91. The third-order valence-corrected chi connectivity index (χ3v) is 5.07. The number of amides is 1. The second-order valence-corrected chi connectivity index (χ2v) is 8.91. The average molecular weight is 417 g/mol. The van der Waals surface area contributed by atoms with E-state index < -0.39 is 17.9 Å². The number of ether oxygens (including phenoxy) is 1. The SMILES string of the molecule is CC(C)(C)OC(=O)NC[C@@H]1CN(c2nccc(Nc3cc(C4CC4)[nH]n3)n2)C[C@@H]1F. The van der Waals surface area contributed by atoms with Gasteiger partial charge in [0.25, 0.3) is 0 Å². The molecule has 4 rings (SSSR count). The fourth-order valence-corrected chi connectivity index (χ4v) is 3.42. The summed E-state index contributed by atoms with van der Waals surface area (Å²) in [5.74, 6) is 1.97. The first-order valence-corrected chi connectivity index (χ1v) is 10.3. The number of aromatic nitrogens is 4. The molecule has 0 aromatic carbocycles. The van der Waals surface area contributed by atoms with E-state index in [2.05, 4.69) is 30.8 Å². The van der Waals surface area contributed by atoms with Crippen LogP contribution in [0.4, 0.5) is 26.8 Å². The van der Waals surface area contributed by atoms with Gasteiger partial charge in [-0.3, -0.25) is 5.10 Å². The first-order valence-electron chi connectivity index (χ1n) is 10.3. The van der Waals surface area contributed by atoms with Gasteiger partial charge in [-0.1, -0.05) is 0 Å². The number of alkyl carbamates (subject to hydrolysis) is 1. The normalized spacial score (nSPS) is 21.5. The lowest BCUT2D eigenvalue weighted by atomic mass is 10.1. The first kappa shape index (κ1) is 20.4. The minimum atomic E-state index is -1.09. The van der Waals surface area contributed by atoms with Gasteiger partial charge in [-0.05, 0) is 39.7 Å². The van der Waals surface area contributed by atoms with Gasteiger partial charge >= 0.3 is 6.09 Å². The minimum absolute atomic E-state index is 0.179. The predicted octanol–water partition coefficient (Wildman–Crippen LogP) is 3.12. The van der Waals surface area contributed by atoms with Crippen LogP contribution in [0.25, 0.3) is 0 Å². The monoisotopic (exact) mass is 417 g/mol. The molecule has 30 heavy (non-hydrogen) atoms. The molecular weight excluding hydrogens is 389 g/mol. The molecule has 2 aromatic heterocycles. The number of hydrogen-bond acceptors (Lipinski definition) is 7. The largest absolute Gasteiger partial charge is 0.444 e. The number of alkyl halides is 1. The number of halogens is 1. The maximum atomic E-state index is 14.5. The topological polar surface area (TPSA) is 108 Å². The Kier molecular flexibility index (Phi) is 5.48. The van der Waals surface area contributed by atoms with Crippen molar-refractivity contribution in [2.24, 2.45) is 5.92 Å². The summed E-state index contributed by atoms with van der Waals surface area (Å²) in [6.07, 6.45) is 2.40. The van der Waals surface area contributed by atoms with Gasteiger partial charge in [0.05, 0.1) is 6.54 Å². The van der Waals surface area contributed by atoms with Crippen molar-refractivity contribution in [3.8, 4) is 0 Å². The van der Waals surface area contributed by atoms with Crippen molar-refractivity contribution in [1.82, 2.24) is 25.5 Å². The number of nitrogens with zero attached hydrogens (tertiary/aromatic N) is 4. The van der Waals surface area contributed by atoms with Crippen LogP contribution in [0.15, 0.2) is 18.3 Å². The number of H-pyrrole nitrogens is 1. The van der Waals surface area contributed by atoms with E-state index >= 15 is 0 Å². The van der Waals surface area contributed by atoms with Gasteiger partial charge in [-0.25, -0.2) is 14.2 Å². The van der Waals surface area contributed by atoms with Gasteiger partial charge in [-0.15, -0.1) is 0 Å². The van der Waals surface area contributed by atoms with Crippen LogP contribution in [0.3, 0.4) is 0 Å². The van der Waals surface area contributed by atoms with Crippen molar-refractivity contribution < 1.29 is 13.9 Å². The maximum absolute atomic E-state index is 14.5. The van der Waals surface area contributed by atoms with Gasteiger partial charge in [-0.2, -0.15) is 10.1 Å². The van der Waals surface area contributed by atoms with Crippen molar-refractivity contribution in [3.63, 3.8) is 0 Å². The fourth-order valence-electron chi connectivity index (χ4n) is 3.42. The molecule has 2 aromatic rings. The highest BCUT2D eigenvalue weighted by molar-refractivity contribution is 5.67. The van der Waals surface area contributed by atoms with E-state index in [0.29, 0.717) is 30.0 Å². The Morgan fingerprint density at radius 3 is 2.87 bits per heavy atom. The van der Waals surface area contributed by atoms with Crippen molar-refractivity contribution in [1.29, 1.82) is 0 Å². The molecule has 3 N–H and O–H groups in total. The summed E-state index contributed by atoms with van der Waals surface area (Å²) >= 11 is 0. The van der Waals surface area contributed by atoms with Gasteiger partial charge < -0.3 is 20.3 Å². The molecule has 10 heteroatoms.